The minimum atomic E-state index is -0.270. The van der Waals surface area contributed by atoms with Gasteiger partial charge < -0.3 is 10.1 Å². The molecular weight excluding hydrogens is 461 g/mol. The summed E-state index contributed by atoms with van der Waals surface area (Å²) in [5.74, 6) is 0.494. The molecule has 0 heterocycles. The van der Waals surface area contributed by atoms with Crippen LogP contribution in [-0.4, -0.2) is 25.8 Å². The van der Waals surface area contributed by atoms with Crippen LogP contribution in [-0.2, 0) is 4.79 Å². The zero-order chi connectivity index (χ0) is 17.5. The molecule has 126 valence electrons. The molecule has 24 heavy (non-hydrogen) atoms. The molecule has 0 fully saturated rings. The molecule has 1 amide bonds. The zero-order valence-electron chi connectivity index (χ0n) is 12.6. The lowest BCUT2D eigenvalue weighted by Crippen LogP contribution is -2.26. The van der Waals surface area contributed by atoms with Crippen LogP contribution in [0.4, 0.5) is 5.69 Å². The first-order valence-electron chi connectivity index (χ1n) is 6.84. The molecule has 2 aromatic rings. The minimum Gasteiger partial charge on any atom is -0.497 e. The third-order valence-corrected chi connectivity index (χ3v) is 4.42. The molecule has 0 bridgehead atoms. The minimum absolute atomic E-state index is 0.0682. The highest BCUT2D eigenvalue weighted by Crippen LogP contribution is 2.33. The molecule has 0 aliphatic carbocycles. The van der Waals surface area contributed by atoms with Crippen molar-refractivity contribution < 1.29 is 9.53 Å². The lowest BCUT2D eigenvalue weighted by atomic mass is 10.2. The van der Waals surface area contributed by atoms with Gasteiger partial charge >= 0.3 is 0 Å². The fourth-order valence-corrected chi connectivity index (χ4v) is 3.74. The molecule has 0 aliphatic heterocycles. The largest absolute Gasteiger partial charge is 0.497 e. The Balaban J connectivity index is 1.86. The number of hydrogen-bond acceptors (Lipinski definition) is 4. The highest BCUT2D eigenvalue weighted by molar-refractivity contribution is 9.11. The Morgan fingerprint density at radius 2 is 1.88 bits per heavy atom. The molecular formula is C16H14Br2ClN3O2. The fraction of sp³-hybridized carbons (Fsp3) is 0.125. The van der Waals surface area contributed by atoms with Gasteiger partial charge in [0.2, 0.25) is 0 Å². The monoisotopic (exact) mass is 473 g/mol. The first kappa shape index (κ1) is 18.8. The maximum atomic E-state index is 11.8. The van der Waals surface area contributed by atoms with Crippen molar-refractivity contribution in [3.63, 3.8) is 0 Å². The van der Waals surface area contributed by atoms with E-state index in [-0.39, 0.29) is 12.5 Å². The lowest BCUT2D eigenvalue weighted by Gasteiger charge is -2.10. The molecule has 0 radical (unpaired) electrons. The molecule has 0 unspecified atom stereocenters. The molecule has 2 N–H and O–H groups in total. The normalized spacial score (nSPS) is 10.7. The topological polar surface area (TPSA) is 62.7 Å². The Kier molecular flexibility index (Phi) is 7.08. The smallest absolute Gasteiger partial charge is 0.259 e. The first-order valence-corrected chi connectivity index (χ1v) is 8.80. The second-order valence-electron chi connectivity index (χ2n) is 4.66. The average molecular weight is 476 g/mol. The third-order valence-electron chi connectivity index (χ3n) is 2.95. The standard InChI is InChI=1S/C16H14Br2ClN3O2/c1-24-12-4-2-10(3-5-12)8-21-22-15(23)9-20-16-13(17)6-11(19)7-14(16)18/h2-8,20H,9H2,1H3,(H,22,23). The quantitative estimate of drug-likeness (QED) is 0.480. The van der Waals surface area contributed by atoms with E-state index in [1.807, 2.05) is 24.3 Å². The van der Waals surface area contributed by atoms with Gasteiger partial charge in [-0.25, -0.2) is 5.43 Å². The molecule has 0 aromatic heterocycles. The number of benzene rings is 2. The predicted molar refractivity (Wildman–Crippen MR) is 104 cm³/mol. The van der Waals surface area contributed by atoms with Crippen LogP contribution in [0.1, 0.15) is 5.56 Å². The van der Waals surface area contributed by atoms with Crippen molar-refractivity contribution in [3.05, 3.63) is 55.9 Å². The van der Waals surface area contributed by atoms with E-state index in [9.17, 15) is 4.79 Å². The summed E-state index contributed by atoms with van der Waals surface area (Å²) in [5.41, 5.74) is 4.06. The van der Waals surface area contributed by atoms with Gasteiger partial charge in [0.1, 0.15) is 5.75 Å². The summed E-state index contributed by atoms with van der Waals surface area (Å²) in [5, 5.41) is 7.53. The van der Waals surface area contributed by atoms with Crippen LogP contribution >= 0.6 is 43.5 Å². The second-order valence-corrected chi connectivity index (χ2v) is 6.81. The number of carbonyl (C=O) groups excluding carboxylic acids is 1. The van der Waals surface area contributed by atoms with Gasteiger partial charge in [-0.1, -0.05) is 11.6 Å². The molecule has 0 aliphatic rings. The molecule has 8 heteroatoms. The van der Waals surface area contributed by atoms with E-state index < -0.39 is 0 Å². The molecule has 0 saturated carbocycles. The van der Waals surface area contributed by atoms with E-state index in [4.69, 9.17) is 16.3 Å². The highest BCUT2D eigenvalue weighted by Gasteiger charge is 2.08. The van der Waals surface area contributed by atoms with Gasteiger partial charge in [0.15, 0.2) is 0 Å². The molecule has 0 atom stereocenters. The summed E-state index contributed by atoms with van der Waals surface area (Å²) in [6, 6.07) is 10.8. The van der Waals surface area contributed by atoms with Crippen molar-refractivity contribution in [2.24, 2.45) is 5.10 Å². The molecule has 5 nitrogen and oxygen atoms in total. The van der Waals surface area contributed by atoms with Crippen molar-refractivity contribution in [3.8, 4) is 5.75 Å². The number of rotatable bonds is 6. The summed E-state index contributed by atoms with van der Waals surface area (Å²) >= 11 is 12.7. The molecule has 0 spiro atoms. The van der Waals surface area contributed by atoms with Crippen molar-refractivity contribution >= 4 is 61.3 Å². The van der Waals surface area contributed by atoms with E-state index in [1.54, 1.807) is 25.5 Å². The summed E-state index contributed by atoms with van der Waals surface area (Å²) in [7, 11) is 1.60. The van der Waals surface area contributed by atoms with Crippen LogP contribution in [0.3, 0.4) is 0 Å². The van der Waals surface area contributed by atoms with Gasteiger partial charge in [-0.05, 0) is 73.8 Å². The summed E-state index contributed by atoms with van der Waals surface area (Å²) in [6.07, 6.45) is 1.56. The number of nitrogens with zero attached hydrogens (tertiary/aromatic N) is 1. The Morgan fingerprint density at radius 3 is 2.46 bits per heavy atom. The van der Waals surface area contributed by atoms with Gasteiger partial charge in [-0.3, -0.25) is 4.79 Å². The van der Waals surface area contributed by atoms with Gasteiger partial charge in [0.05, 0.1) is 25.6 Å². The first-order chi connectivity index (χ1) is 11.5. The lowest BCUT2D eigenvalue weighted by molar-refractivity contribution is -0.119. The van der Waals surface area contributed by atoms with Crippen molar-refractivity contribution in [1.29, 1.82) is 0 Å². The van der Waals surface area contributed by atoms with Crippen molar-refractivity contribution in [2.45, 2.75) is 0 Å². The molecule has 2 rings (SSSR count). The van der Waals surface area contributed by atoms with Gasteiger partial charge in [-0.15, -0.1) is 0 Å². The number of methoxy groups -OCH3 is 1. The number of nitrogens with one attached hydrogen (secondary N) is 2. The Bertz CT molecular complexity index is 728. The number of hydrazone groups is 1. The van der Waals surface area contributed by atoms with Gasteiger partial charge in [-0.2, -0.15) is 5.10 Å². The summed E-state index contributed by atoms with van der Waals surface area (Å²) in [4.78, 5) is 11.8. The Labute approximate surface area is 161 Å². The van der Waals surface area contributed by atoms with Crippen LogP contribution in [0, 0.1) is 0 Å². The number of anilines is 1. The second kappa shape index (κ2) is 9.05. The number of amides is 1. The van der Waals surface area contributed by atoms with Crippen molar-refractivity contribution in [2.75, 3.05) is 19.0 Å². The summed E-state index contributed by atoms with van der Waals surface area (Å²) in [6.45, 7) is 0.0682. The highest BCUT2D eigenvalue weighted by atomic mass is 79.9. The third kappa shape index (κ3) is 5.51. The van der Waals surface area contributed by atoms with E-state index in [1.165, 1.54) is 0 Å². The maximum Gasteiger partial charge on any atom is 0.259 e. The number of ether oxygens (including phenoxy) is 1. The van der Waals surface area contributed by atoms with Gasteiger partial charge in [0, 0.05) is 14.0 Å². The van der Waals surface area contributed by atoms with Crippen LogP contribution < -0.4 is 15.5 Å². The zero-order valence-corrected chi connectivity index (χ0v) is 16.6. The molecule has 0 saturated heterocycles. The predicted octanol–water partition coefficient (Wildman–Crippen LogP) is 4.44. The number of halogens is 3. The van der Waals surface area contributed by atoms with E-state index in [0.29, 0.717) is 5.02 Å². The number of carbonyl (C=O) groups is 1. The van der Waals surface area contributed by atoms with Gasteiger partial charge in [0.25, 0.3) is 5.91 Å². The molecule has 2 aromatic carbocycles. The van der Waals surface area contributed by atoms with Crippen LogP contribution in [0.25, 0.3) is 0 Å². The average Bonchev–Trinajstić information content (AvgIpc) is 2.54. The summed E-state index contributed by atoms with van der Waals surface area (Å²) < 4.78 is 6.60. The Morgan fingerprint density at radius 1 is 1.25 bits per heavy atom. The van der Waals surface area contributed by atoms with E-state index in [2.05, 4.69) is 47.7 Å². The van der Waals surface area contributed by atoms with E-state index >= 15 is 0 Å². The maximum absolute atomic E-state index is 11.8. The van der Waals surface area contributed by atoms with Crippen molar-refractivity contribution in [1.82, 2.24) is 5.43 Å². The van der Waals surface area contributed by atoms with E-state index in [0.717, 1.165) is 25.9 Å². The number of hydrogen-bond donors (Lipinski definition) is 2. The SMILES string of the molecule is COc1ccc(C=NNC(=O)CNc2c(Br)cc(Cl)cc2Br)cc1. The Hall–Kier alpha value is -1.57. The van der Waals surface area contributed by atoms with Crippen LogP contribution in [0.15, 0.2) is 50.4 Å². The fourth-order valence-electron chi connectivity index (χ4n) is 1.79. The van der Waals surface area contributed by atoms with Crippen LogP contribution in [0.2, 0.25) is 5.02 Å². The van der Waals surface area contributed by atoms with Crippen LogP contribution in [0.5, 0.6) is 5.75 Å².